The van der Waals surface area contributed by atoms with Gasteiger partial charge in [0.15, 0.2) is 0 Å². The normalized spacial score (nSPS) is 18.5. The second-order valence-corrected chi connectivity index (χ2v) is 8.60. The van der Waals surface area contributed by atoms with Crippen molar-refractivity contribution in [2.24, 2.45) is 5.73 Å². The first-order valence-corrected chi connectivity index (χ1v) is 12.1. The van der Waals surface area contributed by atoms with E-state index in [-0.39, 0.29) is 30.1 Å². The summed E-state index contributed by atoms with van der Waals surface area (Å²) >= 11 is 0. The molecule has 7 amide bonds. The van der Waals surface area contributed by atoms with E-state index in [9.17, 15) is 19.2 Å². The molecule has 1 aliphatic heterocycles. The second kappa shape index (κ2) is 15.3. The standard InChI is InChI=1S/C22H43N7O4/c1-5-28(21(32)26-14-9-7-6-8-13-25-20(23)31)15-12-18-11-10-16(2)29(18)22(33)27-19(30)17(3)24-4/h16-18,24H,5-15H2,1-4H3,(H,26,32)(H3,23,25,31)(H,27,30,33)/t16?,17?,18-/m1/s1. The molecule has 0 aromatic rings. The highest BCUT2D eigenvalue weighted by Crippen LogP contribution is 2.26. The minimum atomic E-state index is -0.505. The number of carbonyl (C=O) groups is 4. The number of hydrogen-bond donors (Lipinski definition) is 5. The molecule has 0 bridgehead atoms. The van der Waals surface area contributed by atoms with Crippen molar-refractivity contribution in [3.05, 3.63) is 0 Å². The van der Waals surface area contributed by atoms with Gasteiger partial charge in [-0.1, -0.05) is 12.8 Å². The number of likely N-dealkylation sites (N-methyl/N-ethyl adjacent to an activating group) is 1. The molecule has 0 saturated carbocycles. The Hall–Kier alpha value is -2.56. The number of likely N-dealkylation sites (tertiary alicyclic amines) is 1. The molecule has 1 heterocycles. The molecule has 0 aliphatic carbocycles. The summed E-state index contributed by atoms with van der Waals surface area (Å²) in [5.74, 6) is -0.348. The van der Waals surface area contributed by atoms with Crippen molar-refractivity contribution >= 4 is 24.0 Å². The Morgan fingerprint density at radius 3 is 2.27 bits per heavy atom. The molecular weight excluding hydrogens is 426 g/mol. The number of carbonyl (C=O) groups excluding carboxylic acids is 4. The predicted molar refractivity (Wildman–Crippen MR) is 128 cm³/mol. The average Bonchev–Trinajstić information content (AvgIpc) is 3.15. The number of nitrogens with two attached hydrogens (primary N) is 1. The highest BCUT2D eigenvalue weighted by molar-refractivity contribution is 5.97. The minimum absolute atomic E-state index is 0.00597. The molecule has 1 saturated heterocycles. The SMILES string of the molecule is CCN(CC[C@H]1CCC(C)N1C(=O)NC(=O)C(C)NC)C(=O)NCCCCCCNC(N)=O. The van der Waals surface area contributed by atoms with Crippen LogP contribution in [0, 0.1) is 0 Å². The van der Waals surface area contributed by atoms with Crippen LogP contribution in [0.15, 0.2) is 0 Å². The molecule has 0 radical (unpaired) electrons. The van der Waals surface area contributed by atoms with E-state index in [2.05, 4.69) is 21.3 Å². The first kappa shape index (κ1) is 28.5. The van der Waals surface area contributed by atoms with Gasteiger partial charge in [-0.2, -0.15) is 0 Å². The lowest BCUT2D eigenvalue weighted by atomic mass is 10.1. The fourth-order valence-corrected chi connectivity index (χ4v) is 3.96. The van der Waals surface area contributed by atoms with Crippen molar-refractivity contribution < 1.29 is 19.2 Å². The number of nitrogens with one attached hydrogen (secondary N) is 4. The van der Waals surface area contributed by atoms with Gasteiger partial charge < -0.3 is 31.5 Å². The van der Waals surface area contributed by atoms with Gasteiger partial charge in [-0.3, -0.25) is 10.1 Å². The lowest BCUT2D eigenvalue weighted by Gasteiger charge is -2.30. The van der Waals surface area contributed by atoms with Crippen LogP contribution in [0.5, 0.6) is 0 Å². The number of rotatable bonds is 13. The van der Waals surface area contributed by atoms with Crippen molar-refractivity contribution in [3.8, 4) is 0 Å². The number of nitrogens with zero attached hydrogens (tertiary/aromatic N) is 2. The van der Waals surface area contributed by atoms with Gasteiger partial charge in [0.1, 0.15) is 0 Å². The lowest BCUT2D eigenvalue weighted by Crippen LogP contribution is -2.52. The van der Waals surface area contributed by atoms with E-state index in [1.165, 1.54) is 0 Å². The van der Waals surface area contributed by atoms with E-state index in [4.69, 9.17) is 5.73 Å². The molecule has 33 heavy (non-hydrogen) atoms. The summed E-state index contributed by atoms with van der Waals surface area (Å²) in [6, 6.07) is -1.38. The Labute approximate surface area is 197 Å². The lowest BCUT2D eigenvalue weighted by molar-refractivity contribution is -0.121. The van der Waals surface area contributed by atoms with Crippen LogP contribution < -0.4 is 27.0 Å². The molecule has 11 nitrogen and oxygen atoms in total. The Kier molecular flexibility index (Phi) is 13.2. The fourth-order valence-electron chi connectivity index (χ4n) is 3.96. The maximum atomic E-state index is 12.7. The molecule has 1 rings (SSSR count). The first-order valence-electron chi connectivity index (χ1n) is 12.1. The number of primary amides is 1. The highest BCUT2D eigenvalue weighted by atomic mass is 16.2. The van der Waals surface area contributed by atoms with Crippen LogP contribution in [0.1, 0.15) is 65.7 Å². The van der Waals surface area contributed by atoms with Crippen LogP contribution in [-0.2, 0) is 4.79 Å². The van der Waals surface area contributed by atoms with Gasteiger partial charge in [0.05, 0.1) is 6.04 Å². The van der Waals surface area contributed by atoms with Crippen molar-refractivity contribution in [2.75, 3.05) is 33.2 Å². The van der Waals surface area contributed by atoms with E-state index < -0.39 is 12.1 Å². The third-order valence-electron chi connectivity index (χ3n) is 6.16. The van der Waals surface area contributed by atoms with Gasteiger partial charge in [0.2, 0.25) is 5.91 Å². The molecule has 2 unspecified atom stereocenters. The first-order chi connectivity index (χ1) is 15.7. The molecule has 11 heteroatoms. The molecule has 190 valence electrons. The zero-order valence-electron chi connectivity index (χ0n) is 20.6. The predicted octanol–water partition coefficient (Wildman–Crippen LogP) is 1.33. The van der Waals surface area contributed by atoms with Crippen LogP contribution in [0.4, 0.5) is 14.4 Å². The molecular formula is C22H43N7O4. The Bertz CT molecular complexity index is 646. The molecule has 0 aromatic carbocycles. The van der Waals surface area contributed by atoms with Crippen LogP contribution in [0.2, 0.25) is 0 Å². The van der Waals surface area contributed by atoms with E-state index >= 15 is 0 Å². The van der Waals surface area contributed by atoms with Gasteiger partial charge in [-0.05, 0) is 59.9 Å². The summed E-state index contributed by atoms with van der Waals surface area (Å²) < 4.78 is 0. The van der Waals surface area contributed by atoms with Crippen molar-refractivity contribution in [1.82, 2.24) is 31.1 Å². The highest BCUT2D eigenvalue weighted by Gasteiger charge is 2.35. The number of hydrogen-bond acceptors (Lipinski definition) is 5. The average molecular weight is 470 g/mol. The fraction of sp³-hybridized carbons (Fsp3) is 0.818. The number of imide groups is 1. The third kappa shape index (κ3) is 10.3. The Morgan fingerprint density at radius 1 is 1.06 bits per heavy atom. The summed E-state index contributed by atoms with van der Waals surface area (Å²) in [5.41, 5.74) is 5.02. The number of urea groups is 3. The van der Waals surface area contributed by atoms with E-state index in [0.29, 0.717) is 32.6 Å². The quantitative estimate of drug-likeness (QED) is 0.258. The molecule has 1 aliphatic rings. The van der Waals surface area contributed by atoms with Gasteiger partial charge in [-0.15, -0.1) is 0 Å². The molecule has 0 aromatic heterocycles. The van der Waals surface area contributed by atoms with E-state index in [0.717, 1.165) is 38.5 Å². The Balaban J connectivity index is 2.39. The summed E-state index contributed by atoms with van der Waals surface area (Å²) in [7, 11) is 1.67. The maximum Gasteiger partial charge on any atom is 0.324 e. The monoisotopic (exact) mass is 469 g/mol. The van der Waals surface area contributed by atoms with Gasteiger partial charge >= 0.3 is 18.1 Å². The zero-order chi connectivity index (χ0) is 24.8. The van der Waals surface area contributed by atoms with Crippen LogP contribution in [0.3, 0.4) is 0 Å². The van der Waals surface area contributed by atoms with Crippen molar-refractivity contribution in [3.63, 3.8) is 0 Å². The summed E-state index contributed by atoms with van der Waals surface area (Å²) in [4.78, 5) is 51.4. The van der Waals surface area contributed by atoms with Gasteiger partial charge in [-0.25, -0.2) is 14.4 Å². The van der Waals surface area contributed by atoms with Gasteiger partial charge in [0.25, 0.3) is 0 Å². The van der Waals surface area contributed by atoms with E-state index in [1.54, 1.807) is 23.8 Å². The zero-order valence-corrected chi connectivity index (χ0v) is 20.6. The summed E-state index contributed by atoms with van der Waals surface area (Å²) in [6.07, 6.45) is 6.05. The second-order valence-electron chi connectivity index (χ2n) is 8.60. The van der Waals surface area contributed by atoms with E-state index in [1.807, 2.05) is 13.8 Å². The maximum absolute atomic E-state index is 12.7. The third-order valence-corrected chi connectivity index (χ3v) is 6.16. The van der Waals surface area contributed by atoms with Crippen LogP contribution in [0.25, 0.3) is 0 Å². The van der Waals surface area contributed by atoms with Crippen molar-refractivity contribution in [1.29, 1.82) is 0 Å². The topological polar surface area (TPSA) is 149 Å². The van der Waals surface area contributed by atoms with Crippen LogP contribution in [-0.4, -0.2) is 85.2 Å². The number of unbranched alkanes of at least 4 members (excludes halogenated alkanes) is 3. The summed E-state index contributed by atoms with van der Waals surface area (Å²) in [5, 5.41) is 10.8. The minimum Gasteiger partial charge on any atom is -0.352 e. The summed E-state index contributed by atoms with van der Waals surface area (Å²) in [6.45, 7) is 7.92. The van der Waals surface area contributed by atoms with Crippen LogP contribution >= 0.6 is 0 Å². The molecule has 6 N–H and O–H groups in total. The molecule has 1 fully saturated rings. The molecule has 3 atom stereocenters. The smallest absolute Gasteiger partial charge is 0.324 e. The number of amides is 7. The Morgan fingerprint density at radius 2 is 1.70 bits per heavy atom. The largest absolute Gasteiger partial charge is 0.352 e. The van der Waals surface area contributed by atoms with Gasteiger partial charge in [0, 0.05) is 38.3 Å². The van der Waals surface area contributed by atoms with Crippen molar-refractivity contribution in [2.45, 2.75) is 83.8 Å². The molecule has 0 spiro atoms.